The van der Waals surface area contributed by atoms with Crippen molar-refractivity contribution >= 4 is 12.3 Å². The van der Waals surface area contributed by atoms with E-state index >= 15 is 0 Å². The second-order valence-electron chi connectivity index (χ2n) is 10.1. The molecule has 1 N–H and O–H groups in total. The number of carbonyl (C=O) groups is 2. The molecule has 0 unspecified atom stereocenters. The minimum atomic E-state index is -0.391. The summed E-state index contributed by atoms with van der Waals surface area (Å²) >= 11 is 0. The molecule has 3 fully saturated rings. The second kappa shape index (κ2) is 6.17. The molecule has 0 radical (unpaired) electrons. The van der Waals surface area contributed by atoms with Crippen LogP contribution in [0.15, 0.2) is 11.1 Å². The van der Waals surface area contributed by atoms with Crippen LogP contribution < -0.4 is 0 Å². The highest BCUT2D eigenvalue weighted by molar-refractivity contribution is 5.68. The molecule has 3 saturated carbocycles. The lowest BCUT2D eigenvalue weighted by molar-refractivity contribution is -0.178. The molecule has 0 aromatic carbocycles. The van der Waals surface area contributed by atoms with Gasteiger partial charge in [0.25, 0.3) is 0 Å². The van der Waals surface area contributed by atoms with Crippen LogP contribution in [-0.4, -0.2) is 29.1 Å². The fourth-order valence-electron chi connectivity index (χ4n) is 7.72. The minimum absolute atomic E-state index is 0.00560. The third kappa shape index (κ3) is 2.44. The van der Waals surface area contributed by atoms with E-state index in [-0.39, 0.29) is 22.9 Å². The van der Waals surface area contributed by atoms with Crippen molar-refractivity contribution in [3.8, 4) is 0 Å². The highest BCUT2D eigenvalue weighted by Crippen LogP contribution is 2.68. The van der Waals surface area contributed by atoms with E-state index in [0.717, 1.165) is 50.5 Å². The van der Waals surface area contributed by atoms with Gasteiger partial charge in [0.05, 0.1) is 11.5 Å². The summed E-state index contributed by atoms with van der Waals surface area (Å²) in [5.74, 6) is 1.21. The van der Waals surface area contributed by atoms with Crippen molar-refractivity contribution in [2.45, 2.75) is 90.8 Å². The zero-order valence-corrected chi connectivity index (χ0v) is 17.2. The van der Waals surface area contributed by atoms with Crippen LogP contribution in [0.2, 0.25) is 0 Å². The van der Waals surface area contributed by atoms with Gasteiger partial charge in [0.2, 0.25) is 0 Å². The number of aldehydes is 1. The van der Waals surface area contributed by atoms with Crippen LogP contribution in [0.5, 0.6) is 0 Å². The van der Waals surface area contributed by atoms with Gasteiger partial charge in [0, 0.05) is 12.3 Å². The number of hydrogen-bond acceptors (Lipinski definition) is 4. The van der Waals surface area contributed by atoms with Crippen LogP contribution in [-0.2, 0) is 14.3 Å². The van der Waals surface area contributed by atoms with Gasteiger partial charge in [-0.1, -0.05) is 12.5 Å². The van der Waals surface area contributed by atoms with Crippen LogP contribution in [0.3, 0.4) is 0 Å². The van der Waals surface area contributed by atoms with Gasteiger partial charge in [0.15, 0.2) is 0 Å². The average molecular weight is 375 g/mol. The number of ether oxygens (including phenoxy) is 1. The first-order valence-electron chi connectivity index (χ1n) is 10.7. The molecule has 4 aliphatic carbocycles. The fraction of sp³-hybridized carbons (Fsp3) is 0.826. The van der Waals surface area contributed by atoms with Gasteiger partial charge in [-0.25, -0.2) is 0 Å². The maximum atomic E-state index is 12.5. The Labute approximate surface area is 162 Å². The van der Waals surface area contributed by atoms with Gasteiger partial charge in [-0.05, 0) is 88.5 Å². The Kier molecular flexibility index (Phi) is 4.38. The maximum Gasteiger partial charge on any atom is 0.303 e. The van der Waals surface area contributed by atoms with E-state index in [1.807, 2.05) is 6.92 Å². The summed E-state index contributed by atoms with van der Waals surface area (Å²) in [7, 11) is 0. The van der Waals surface area contributed by atoms with Gasteiger partial charge in [0.1, 0.15) is 11.9 Å². The standard InChI is InChI=1S/C23H34O4/c1-14-17-6-5-16-18-8-11-22(4,27-15(2)25)21(18,3)10-7-19(16)23(17,13-24)12-9-20(14)26/h13,16,18-20,26H,5-12H2,1-4H3/t16-,18-,19-,20-,21-,22+,23+/m0/s1. The Hall–Kier alpha value is -1.16. The number of carbonyl (C=O) groups excluding carboxylic acids is 2. The zero-order valence-electron chi connectivity index (χ0n) is 17.2. The van der Waals surface area contributed by atoms with Crippen molar-refractivity contribution in [2.24, 2.45) is 28.6 Å². The monoisotopic (exact) mass is 374 g/mol. The number of aliphatic hydroxyl groups excluding tert-OH is 1. The van der Waals surface area contributed by atoms with E-state index in [9.17, 15) is 14.7 Å². The van der Waals surface area contributed by atoms with Crippen LogP contribution in [0.1, 0.15) is 79.1 Å². The number of hydrogen-bond donors (Lipinski definition) is 1. The summed E-state index contributed by atoms with van der Waals surface area (Å²) in [5, 5.41) is 10.3. The van der Waals surface area contributed by atoms with Crippen molar-refractivity contribution in [2.75, 3.05) is 0 Å². The van der Waals surface area contributed by atoms with Crippen molar-refractivity contribution in [3.63, 3.8) is 0 Å². The van der Waals surface area contributed by atoms with E-state index in [0.29, 0.717) is 24.2 Å². The van der Waals surface area contributed by atoms with Gasteiger partial charge < -0.3 is 14.6 Å². The Morgan fingerprint density at radius 3 is 2.48 bits per heavy atom. The molecule has 7 atom stereocenters. The van der Waals surface area contributed by atoms with Gasteiger partial charge >= 0.3 is 5.97 Å². The number of fused-ring (bicyclic) bond motifs is 5. The van der Waals surface area contributed by atoms with Crippen molar-refractivity contribution in [3.05, 3.63) is 11.1 Å². The van der Waals surface area contributed by atoms with E-state index < -0.39 is 5.60 Å². The first kappa shape index (κ1) is 19.2. The molecule has 0 heterocycles. The predicted molar refractivity (Wildman–Crippen MR) is 103 cm³/mol. The van der Waals surface area contributed by atoms with Crippen LogP contribution in [0, 0.1) is 28.6 Å². The van der Waals surface area contributed by atoms with E-state index in [1.54, 1.807) is 0 Å². The molecule has 0 spiro atoms. The first-order chi connectivity index (χ1) is 12.7. The second-order valence-corrected chi connectivity index (χ2v) is 10.1. The van der Waals surface area contributed by atoms with Crippen LogP contribution >= 0.6 is 0 Å². The topological polar surface area (TPSA) is 63.6 Å². The van der Waals surface area contributed by atoms with Crippen LogP contribution in [0.4, 0.5) is 0 Å². The summed E-state index contributed by atoms with van der Waals surface area (Å²) in [6.45, 7) is 7.99. The van der Waals surface area contributed by atoms with Crippen molar-refractivity contribution < 1.29 is 19.4 Å². The Morgan fingerprint density at radius 2 is 1.81 bits per heavy atom. The SMILES string of the molecule is CC(=O)O[C@]1(C)CC[C@H]2[C@@H]3CCC4=C(C)[C@@H](O)CC[C@]4(C=O)[C@H]3CC[C@@]21C. The van der Waals surface area contributed by atoms with E-state index in [2.05, 4.69) is 13.8 Å². The molecule has 4 heteroatoms. The highest BCUT2D eigenvalue weighted by atomic mass is 16.6. The third-order valence-corrected chi connectivity index (χ3v) is 9.30. The molecule has 0 aromatic heterocycles. The smallest absolute Gasteiger partial charge is 0.303 e. The van der Waals surface area contributed by atoms with Crippen molar-refractivity contribution in [1.82, 2.24) is 0 Å². The van der Waals surface area contributed by atoms with E-state index in [4.69, 9.17) is 4.74 Å². The molecule has 0 bridgehead atoms. The lowest BCUT2D eigenvalue weighted by atomic mass is 9.46. The molecule has 0 aromatic rings. The average Bonchev–Trinajstić information content (AvgIpc) is 2.88. The summed E-state index contributed by atoms with van der Waals surface area (Å²) in [6.07, 6.45) is 8.39. The summed E-state index contributed by atoms with van der Waals surface area (Å²) < 4.78 is 5.89. The number of allylic oxidation sites excluding steroid dienone is 1. The van der Waals surface area contributed by atoms with Crippen LogP contribution in [0.25, 0.3) is 0 Å². The fourth-order valence-corrected chi connectivity index (χ4v) is 7.72. The molecular formula is C23H34O4. The number of aliphatic hydroxyl groups is 1. The maximum absolute atomic E-state index is 12.5. The molecule has 0 aliphatic heterocycles. The van der Waals surface area contributed by atoms with E-state index in [1.165, 1.54) is 18.8 Å². The van der Waals surface area contributed by atoms with Crippen molar-refractivity contribution in [1.29, 1.82) is 0 Å². The summed E-state index contributed by atoms with van der Waals surface area (Å²) in [5.41, 5.74) is 1.53. The lowest BCUT2D eigenvalue weighted by Crippen LogP contribution is -2.56. The Bertz CT molecular complexity index is 696. The molecule has 150 valence electrons. The Balaban J connectivity index is 1.71. The summed E-state index contributed by atoms with van der Waals surface area (Å²) in [4.78, 5) is 24.2. The quantitative estimate of drug-likeness (QED) is 0.447. The molecule has 0 amide bonds. The normalized spacial score (nSPS) is 49.1. The van der Waals surface area contributed by atoms with Gasteiger partial charge in [-0.15, -0.1) is 0 Å². The Morgan fingerprint density at radius 1 is 1.11 bits per heavy atom. The number of esters is 1. The van der Waals surface area contributed by atoms with Gasteiger partial charge in [-0.3, -0.25) is 4.79 Å². The third-order valence-electron chi connectivity index (χ3n) is 9.30. The molecular weight excluding hydrogens is 340 g/mol. The first-order valence-corrected chi connectivity index (χ1v) is 10.7. The molecule has 4 rings (SSSR count). The molecule has 27 heavy (non-hydrogen) atoms. The number of rotatable bonds is 2. The zero-order chi connectivity index (χ0) is 19.6. The predicted octanol–water partition coefficient (Wildman–Crippen LogP) is 4.20. The molecule has 0 saturated heterocycles. The highest BCUT2D eigenvalue weighted by Gasteiger charge is 2.65. The minimum Gasteiger partial charge on any atom is -0.459 e. The van der Waals surface area contributed by atoms with Gasteiger partial charge in [-0.2, -0.15) is 0 Å². The summed E-state index contributed by atoms with van der Waals surface area (Å²) in [6, 6.07) is 0. The molecule has 4 nitrogen and oxygen atoms in total. The largest absolute Gasteiger partial charge is 0.459 e. The lowest BCUT2D eigenvalue weighted by Gasteiger charge is -2.59. The molecule has 4 aliphatic rings.